The highest BCUT2D eigenvalue weighted by Crippen LogP contribution is 2.40. The molecule has 0 aromatic rings. The molecule has 19 heavy (non-hydrogen) atoms. The number of nitrogens with zero attached hydrogens (tertiary/aromatic N) is 1. The Kier molecular flexibility index (Phi) is 8.14. The zero-order valence-corrected chi connectivity index (χ0v) is 13.0. The van der Waals surface area contributed by atoms with Gasteiger partial charge in [-0.1, -0.05) is 58.8 Å². The standard InChI is InChI=1S/C17H32N2/c1-3-5-7-9-11-16(10-8-6-4-2)17(14-18)12-13-19-15-17/h16,19H,3-13,15H2,1-2H3. The Morgan fingerprint density at radius 1 is 1.05 bits per heavy atom. The third kappa shape index (κ3) is 5.15. The van der Waals surface area contributed by atoms with E-state index in [1.54, 1.807) is 0 Å². The first-order valence-electron chi connectivity index (χ1n) is 8.41. The lowest BCUT2D eigenvalue weighted by Crippen LogP contribution is -2.31. The van der Waals surface area contributed by atoms with Crippen molar-refractivity contribution in [2.45, 2.75) is 78.1 Å². The van der Waals surface area contributed by atoms with E-state index >= 15 is 0 Å². The quantitative estimate of drug-likeness (QED) is 0.583. The van der Waals surface area contributed by atoms with Gasteiger partial charge < -0.3 is 5.32 Å². The Bertz CT molecular complexity index is 261. The predicted octanol–water partition coefficient (Wildman–Crippen LogP) is 4.66. The smallest absolute Gasteiger partial charge is 0.0738 e. The van der Waals surface area contributed by atoms with E-state index in [1.165, 1.54) is 57.8 Å². The van der Waals surface area contributed by atoms with Crippen molar-refractivity contribution in [1.29, 1.82) is 5.26 Å². The minimum atomic E-state index is -0.0556. The van der Waals surface area contributed by atoms with E-state index in [4.69, 9.17) is 0 Å². The SMILES string of the molecule is CCCCCCC(CCCCC)C1(C#N)CCNC1. The minimum absolute atomic E-state index is 0.0556. The maximum atomic E-state index is 9.66. The van der Waals surface area contributed by atoms with Crippen LogP contribution in [0.1, 0.15) is 78.1 Å². The van der Waals surface area contributed by atoms with E-state index < -0.39 is 0 Å². The van der Waals surface area contributed by atoms with Crippen molar-refractivity contribution in [1.82, 2.24) is 5.32 Å². The van der Waals surface area contributed by atoms with Crippen LogP contribution in [0.5, 0.6) is 0 Å². The van der Waals surface area contributed by atoms with Crippen LogP contribution in [-0.4, -0.2) is 13.1 Å². The van der Waals surface area contributed by atoms with Crippen LogP contribution in [0.2, 0.25) is 0 Å². The Morgan fingerprint density at radius 3 is 2.21 bits per heavy atom. The Labute approximate surface area is 120 Å². The average molecular weight is 264 g/mol. The van der Waals surface area contributed by atoms with Gasteiger partial charge in [0.2, 0.25) is 0 Å². The molecule has 1 aliphatic rings. The zero-order chi connectivity index (χ0) is 14.0. The summed E-state index contributed by atoms with van der Waals surface area (Å²) >= 11 is 0. The number of unbranched alkanes of at least 4 members (excludes halogenated alkanes) is 5. The molecule has 0 bridgehead atoms. The molecule has 2 nitrogen and oxygen atoms in total. The molecular weight excluding hydrogens is 232 g/mol. The molecule has 0 aromatic carbocycles. The van der Waals surface area contributed by atoms with Crippen molar-refractivity contribution in [2.75, 3.05) is 13.1 Å². The van der Waals surface area contributed by atoms with Crippen LogP contribution in [0.4, 0.5) is 0 Å². The van der Waals surface area contributed by atoms with E-state index in [2.05, 4.69) is 25.2 Å². The van der Waals surface area contributed by atoms with Crippen molar-refractivity contribution in [2.24, 2.45) is 11.3 Å². The molecule has 1 rings (SSSR count). The fourth-order valence-corrected chi connectivity index (χ4v) is 3.40. The fourth-order valence-electron chi connectivity index (χ4n) is 3.40. The second kappa shape index (κ2) is 9.37. The molecule has 2 heteroatoms. The van der Waals surface area contributed by atoms with Gasteiger partial charge in [-0.25, -0.2) is 0 Å². The summed E-state index contributed by atoms with van der Waals surface area (Å²) in [6.07, 6.45) is 12.8. The molecule has 1 heterocycles. The van der Waals surface area contributed by atoms with Crippen LogP contribution in [0.15, 0.2) is 0 Å². The van der Waals surface area contributed by atoms with Crippen LogP contribution in [0.25, 0.3) is 0 Å². The van der Waals surface area contributed by atoms with Crippen LogP contribution < -0.4 is 5.32 Å². The van der Waals surface area contributed by atoms with E-state index in [-0.39, 0.29) is 5.41 Å². The summed E-state index contributed by atoms with van der Waals surface area (Å²) in [6, 6.07) is 2.68. The molecule has 0 amide bonds. The molecule has 2 atom stereocenters. The summed E-state index contributed by atoms with van der Waals surface area (Å²) < 4.78 is 0. The summed E-state index contributed by atoms with van der Waals surface area (Å²) in [4.78, 5) is 0. The molecule has 1 fully saturated rings. The van der Waals surface area contributed by atoms with Gasteiger partial charge >= 0.3 is 0 Å². The second-order valence-electron chi connectivity index (χ2n) is 6.24. The normalized spacial score (nSPS) is 24.3. The van der Waals surface area contributed by atoms with Gasteiger partial charge in [0.15, 0.2) is 0 Å². The minimum Gasteiger partial charge on any atom is -0.315 e. The Hall–Kier alpha value is -0.550. The van der Waals surface area contributed by atoms with Crippen LogP contribution in [0, 0.1) is 22.7 Å². The highest BCUT2D eigenvalue weighted by Gasteiger charge is 2.40. The molecule has 1 aliphatic heterocycles. The molecule has 0 aromatic heterocycles. The Balaban J connectivity index is 2.49. The van der Waals surface area contributed by atoms with Crippen LogP contribution >= 0.6 is 0 Å². The van der Waals surface area contributed by atoms with Gasteiger partial charge in [0.25, 0.3) is 0 Å². The van der Waals surface area contributed by atoms with E-state index in [1.807, 2.05) is 0 Å². The molecule has 1 saturated heterocycles. The second-order valence-corrected chi connectivity index (χ2v) is 6.24. The van der Waals surface area contributed by atoms with E-state index in [0.29, 0.717) is 5.92 Å². The van der Waals surface area contributed by atoms with Crippen LogP contribution in [0.3, 0.4) is 0 Å². The number of rotatable bonds is 10. The van der Waals surface area contributed by atoms with Crippen molar-refractivity contribution >= 4 is 0 Å². The fraction of sp³-hybridized carbons (Fsp3) is 0.941. The lowest BCUT2D eigenvalue weighted by Gasteiger charge is -2.31. The summed E-state index contributed by atoms with van der Waals surface area (Å²) in [5, 5.41) is 13.1. The zero-order valence-electron chi connectivity index (χ0n) is 13.0. The maximum Gasteiger partial charge on any atom is 0.0738 e. The largest absolute Gasteiger partial charge is 0.315 e. The summed E-state index contributed by atoms with van der Waals surface area (Å²) in [5.74, 6) is 0.621. The molecule has 1 N–H and O–H groups in total. The average Bonchev–Trinajstić information content (AvgIpc) is 2.91. The highest BCUT2D eigenvalue weighted by atomic mass is 14.9. The van der Waals surface area contributed by atoms with Crippen molar-refractivity contribution in [3.8, 4) is 6.07 Å². The van der Waals surface area contributed by atoms with E-state index in [9.17, 15) is 5.26 Å². The first-order chi connectivity index (χ1) is 9.29. The molecule has 2 unspecified atom stereocenters. The van der Waals surface area contributed by atoms with Crippen molar-refractivity contribution in [3.05, 3.63) is 0 Å². The third-order valence-corrected chi connectivity index (χ3v) is 4.75. The van der Waals surface area contributed by atoms with Gasteiger partial charge in [-0.15, -0.1) is 0 Å². The van der Waals surface area contributed by atoms with Crippen molar-refractivity contribution in [3.63, 3.8) is 0 Å². The van der Waals surface area contributed by atoms with Gasteiger partial charge in [-0.05, 0) is 31.7 Å². The lowest BCUT2D eigenvalue weighted by atomic mass is 9.71. The molecular formula is C17H32N2. The van der Waals surface area contributed by atoms with Gasteiger partial charge in [-0.2, -0.15) is 5.26 Å². The lowest BCUT2D eigenvalue weighted by molar-refractivity contribution is 0.221. The number of hydrogen-bond donors (Lipinski definition) is 1. The van der Waals surface area contributed by atoms with Gasteiger partial charge in [0, 0.05) is 6.54 Å². The van der Waals surface area contributed by atoms with Gasteiger partial charge in [-0.3, -0.25) is 0 Å². The van der Waals surface area contributed by atoms with E-state index in [0.717, 1.165) is 19.5 Å². The molecule has 0 radical (unpaired) electrons. The van der Waals surface area contributed by atoms with Crippen molar-refractivity contribution < 1.29 is 0 Å². The Morgan fingerprint density at radius 2 is 1.68 bits per heavy atom. The third-order valence-electron chi connectivity index (χ3n) is 4.75. The first-order valence-corrected chi connectivity index (χ1v) is 8.41. The van der Waals surface area contributed by atoms with Crippen LogP contribution in [-0.2, 0) is 0 Å². The monoisotopic (exact) mass is 264 g/mol. The summed E-state index contributed by atoms with van der Waals surface area (Å²) in [7, 11) is 0. The molecule has 0 saturated carbocycles. The topological polar surface area (TPSA) is 35.8 Å². The number of nitrogens with one attached hydrogen (secondary N) is 1. The van der Waals surface area contributed by atoms with Gasteiger partial charge in [0.05, 0.1) is 11.5 Å². The highest BCUT2D eigenvalue weighted by molar-refractivity contribution is 5.07. The first kappa shape index (κ1) is 16.5. The molecule has 110 valence electrons. The number of nitriles is 1. The maximum absolute atomic E-state index is 9.66. The number of hydrogen-bond acceptors (Lipinski definition) is 2. The summed E-state index contributed by atoms with van der Waals surface area (Å²) in [6.45, 7) is 6.48. The summed E-state index contributed by atoms with van der Waals surface area (Å²) in [5.41, 5.74) is -0.0556. The predicted molar refractivity (Wildman–Crippen MR) is 81.9 cm³/mol. The van der Waals surface area contributed by atoms with Gasteiger partial charge in [0.1, 0.15) is 0 Å². The molecule has 0 aliphatic carbocycles. The molecule has 0 spiro atoms.